The molecule has 0 saturated carbocycles. The first kappa shape index (κ1) is 18.3. The number of carbonyl (C=O) groups excluding carboxylic acids is 2. The Hall–Kier alpha value is -2.08. The lowest BCUT2D eigenvalue weighted by molar-refractivity contribution is -0.137. The topological polar surface area (TPSA) is 67.9 Å². The fraction of sp³-hybridized carbons (Fsp3) is 0.556. The van der Waals surface area contributed by atoms with Crippen LogP contribution < -0.4 is 10.1 Å². The van der Waals surface area contributed by atoms with E-state index in [0.717, 1.165) is 12.2 Å². The van der Waals surface area contributed by atoms with E-state index in [1.807, 2.05) is 13.8 Å². The molecule has 1 aliphatic heterocycles. The molecule has 1 aromatic carbocycles. The Labute approximate surface area is 143 Å². The average molecular weight is 334 g/mol. The summed E-state index contributed by atoms with van der Waals surface area (Å²) in [5, 5.41) is 2.87. The van der Waals surface area contributed by atoms with Crippen LogP contribution in [0.3, 0.4) is 0 Å². The van der Waals surface area contributed by atoms with Gasteiger partial charge in [0.05, 0.1) is 26.2 Å². The molecule has 24 heavy (non-hydrogen) atoms. The highest BCUT2D eigenvalue weighted by Crippen LogP contribution is 2.21. The molecular formula is C18H26N2O4. The van der Waals surface area contributed by atoms with Crippen molar-refractivity contribution in [3.05, 3.63) is 24.3 Å². The minimum atomic E-state index is -0.404. The van der Waals surface area contributed by atoms with E-state index in [-0.39, 0.29) is 17.9 Å². The number of hydrogen-bond acceptors (Lipinski definition) is 4. The van der Waals surface area contributed by atoms with Crippen LogP contribution >= 0.6 is 0 Å². The van der Waals surface area contributed by atoms with E-state index in [1.54, 1.807) is 36.3 Å². The molecule has 0 aliphatic carbocycles. The third-order valence-corrected chi connectivity index (χ3v) is 4.00. The highest BCUT2D eigenvalue weighted by molar-refractivity contribution is 5.97. The van der Waals surface area contributed by atoms with Crippen LogP contribution in [0.1, 0.15) is 33.1 Å². The number of nitrogens with one attached hydrogen (secondary N) is 1. The Morgan fingerprint density at radius 3 is 2.62 bits per heavy atom. The predicted molar refractivity (Wildman–Crippen MR) is 92.1 cm³/mol. The summed E-state index contributed by atoms with van der Waals surface area (Å²) < 4.78 is 10.5. The monoisotopic (exact) mass is 334 g/mol. The molecule has 0 radical (unpaired) electrons. The van der Waals surface area contributed by atoms with E-state index < -0.39 is 6.04 Å². The minimum Gasteiger partial charge on any atom is -0.497 e. The summed E-state index contributed by atoms with van der Waals surface area (Å²) in [6.45, 7) is 4.89. The fourth-order valence-corrected chi connectivity index (χ4v) is 2.76. The number of carbonyl (C=O) groups is 2. The van der Waals surface area contributed by atoms with Crippen molar-refractivity contribution >= 4 is 17.5 Å². The van der Waals surface area contributed by atoms with E-state index in [0.29, 0.717) is 31.7 Å². The molecule has 6 nitrogen and oxygen atoms in total. The number of nitrogens with zero attached hydrogens (tertiary/aromatic N) is 1. The first-order valence-electron chi connectivity index (χ1n) is 8.37. The molecule has 0 bridgehead atoms. The summed E-state index contributed by atoms with van der Waals surface area (Å²) in [5.74, 6) is 0.564. The molecule has 1 aliphatic rings. The normalized spacial score (nSPS) is 17.2. The van der Waals surface area contributed by atoms with E-state index in [1.165, 1.54) is 0 Å². The molecule has 6 heteroatoms. The molecule has 0 spiro atoms. The second-order valence-electron chi connectivity index (χ2n) is 6.13. The summed E-state index contributed by atoms with van der Waals surface area (Å²) in [6, 6.07) is 6.74. The maximum atomic E-state index is 12.5. The van der Waals surface area contributed by atoms with Crippen LogP contribution in [0.2, 0.25) is 0 Å². The summed E-state index contributed by atoms with van der Waals surface area (Å²) in [6.07, 6.45) is 1.95. The molecule has 2 rings (SSSR count). The summed E-state index contributed by atoms with van der Waals surface area (Å²) in [5.41, 5.74) is 0.697. The van der Waals surface area contributed by atoms with Crippen LogP contribution in [0.15, 0.2) is 24.3 Å². The maximum Gasteiger partial charge on any atom is 0.247 e. The molecular weight excluding hydrogens is 308 g/mol. The highest BCUT2D eigenvalue weighted by atomic mass is 16.5. The molecule has 1 aromatic rings. The van der Waals surface area contributed by atoms with Gasteiger partial charge in [-0.15, -0.1) is 0 Å². The van der Waals surface area contributed by atoms with Gasteiger partial charge in [0.1, 0.15) is 11.8 Å². The third kappa shape index (κ3) is 4.96. The standard InChI is InChI=1S/C18H26N2O4/c1-13(2)24-12-10-17(21)20-11-4-5-16(20)18(22)19-14-6-8-15(23-3)9-7-14/h6-9,13,16H,4-5,10-12H2,1-3H3,(H,19,22)/t16-/m0/s1. The van der Waals surface area contributed by atoms with Gasteiger partial charge in [0, 0.05) is 12.2 Å². The summed E-state index contributed by atoms with van der Waals surface area (Å²) in [7, 11) is 1.60. The maximum absolute atomic E-state index is 12.5. The molecule has 1 N–H and O–H groups in total. The zero-order valence-corrected chi connectivity index (χ0v) is 14.6. The van der Waals surface area contributed by atoms with Crippen molar-refractivity contribution in [3.63, 3.8) is 0 Å². The van der Waals surface area contributed by atoms with Gasteiger partial charge < -0.3 is 19.7 Å². The second kappa shape index (κ2) is 8.68. The lowest BCUT2D eigenvalue weighted by atomic mass is 10.2. The Morgan fingerprint density at radius 2 is 2.00 bits per heavy atom. The van der Waals surface area contributed by atoms with Crippen LogP contribution in [0.4, 0.5) is 5.69 Å². The van der Waals surface area contributed by atoms with Gasteiger partial charge in [0.2, 0.25) is 11.8 Å². The number of ether oxygens (including phenoxy) is 2. The van der Waals surface area contributed by atoms with E-state index in [9.17, 15) is 9.59 Å². The zero-order valence-electron chi connectivity index (χ0n) is 14.6. The Kier molecular flexibility index (Phi) is 6.61. The summed E-state index contributed by atoms with van der Waals surface area (Å²) >= 11 is 0. The van der Waals surface area contributed by atoms with Crippen LogP contribution in [-0.2, 0) is 14.3 Å². The van der Waals surface area contributed by atoms with Crippen LogP contribution in [0.5, 0.6) is 5.75 Å². The van der Waals surface area contributed by atoms with Gasteiger partial charge in [-0.1, -0.05) is 0 Å². The van der Waals surface area contributed by atoms with E-state index >= 15 is 0 Å². The highest BCUT2D eigenvalue weighted by Gasteiger charge is 2.33. The first-order chi connectivity index (χ1) is 11.5. The van der Waals surface area contributed by atoms with Crippen molar-refractivity contribution in [1.82, 2.24) is 4.90 Å². The lowest BCUT2D eigenvalue weighted by Crippen LogP contribution is -2.43. The molecule has 2 amide bonds. The second-order valence-corrected chi connectivity index (χ2v) is 6.13. The Balaban J connectivity index is 1.90. The van der Waals surface area contributed by atoms with E-state index in [4.69, 9.17) is 9.47 Å². The van der Waals surface area contributed by atoms with Crippen molar-refractivity contribution in [1.29, 1.82) is 0 Å². The SMILES string of the molecule is COc1ccc(NC(=O)[C@@H]2CCCN2C(=O)CCOC(C)C)cc1. The zero-order chi connectivity index (χ0) is 17.5. The van der Waals surface area contributed by atoms with Gasteiger partial charge in [0.15, 0.2) is 0 Å². The number of hydrogen-bond donors (Lipinski definition) is 1. The number of methoxy groups -OCH3 is 1. The lowest BCUT2D eigenvalue weighted by Gasteiger charge is -2.24. The number of anilines is 1. The number of rotatable bonds is 7. The molecule has 1 heterocycles. The minimum absolute atomic E-state index is 0.0250. The number of benzene rings is 1. The molecule has 1 atom stereocenters. The molecule has 1 fully saturated rings. The predicted octanol–water partition coefficient (Wildman–Crippen LogP) is 2.44. The average Bonchev–Trinajstić information content (AvgIpc) is 3.05. The Morgan fingerprint density at radius 1 is 1.29 bits per heavy atom. The van der Waals surface area contributed by atoms with Crippen LogP contribution in [-0.4, -0.2) is 49.1 Å². The smallest absolute Gasteiger partial charge is 0.247 e. The fourth-order valence-electron chi connectivity index (χ4n) is 2.76. The van der Waals surface area contributed by atoms with Crippen LogP contribution in [0, 0.1) is 0 Å². The molecule has 0 aromatic heterocycles. The first-order valence-corrected chi connectivity index (χ1v) is 8.37. The van der Waals surface area contributed by atoms with Crippen molar-refractivity contribution in [2.75, 3.05) is 25.6 Å². The van der Waals surface area contributed by atoms with Gasteiger partial charge >= 0.3 is 0 Å². The summed E-state index contributed by atoms with van der Waals surface area (Å²) in [4.78, 5) is 26.5. The van der Waals surface area contributed by atoms with E-state index in [2.05, 4.69) is 5.32 Å². The van der Waals surface area contributed by atoms with Gasteiger partial charge in [-0.2, -0.15) is 0 Å². The quantitative estimate of drug-likeness (QED) is 0.831. The van der Waals surface area contributed by atoms with Gasteiger partial charge in [-0.25, -0.2) is 0 Å². The van der Waals surface area contributed by atoms with Gasteiger partial charge in [-0.05, 0) is 51.0 Å². The molecule has 1 saturated heterocycles. The largest absolute Gasteiger partial charge is 0.497 e. The van der Waals surface area contributed by atoms with Crippen molar-refractivity contribution in [2.45, 2.75) is 45.3 Å². The van der Waals surface area contributed by atoms with Crippen molar-refractivity contribution in [3.8, 4) is 5.75 Å². The Bertz CT molecular complexity index is 557. The molecule has 132 valence electrons. The number of amides is 2. The van der Waals surface area contributed by atoms with Crippen molar-refractivity contribution in [2.24, 2.45) is 0 Å². The third-order valence-electron chi connectivity index (χ3n) is 4.00. The number of likely N-dealkylation sites (tertiary alicyclic amines) is 1. The van der Waals surface area contributed by atoms with Gasteiger partial charge in [0.25, 0.3) is 0 Å². The molecule has 0 unspecified atom stereocenters. The van der Waals surface area contributed by atoms with Gasteiger partial charge in [-0.3, -0.25) is 9.59 Å². The van der Waals surface area contributed by atoms with Crippen molar-refractivity contribution < 1.29 is 19.1 Å². The van der Waals surface area contributed by atoms with Crippen LogP contribution in [0.25, 0.3) is 0 Å².